The average molecular weight is 328 g/mol. The Hall–Kier alpha value is -2.60. The molecule has 0 saturated carbocycles. The molecule has 0 aliphatic carbocycles. The molecule has 0 saturated heterocycles. The van der Waals surface area contributed by atoms with E-state index in [4.69, 9.17) is 9.26 Å². The highest BCUT2D eigenvalue weighted by Gasteiger charge is 2.10. The number of nitrogens with zero attached hydrogens (tertiary/aromatic N) is 1. The number of carbonyl (C=O) groups is 1. The summed E-state index contributed by atoms with van der Waals surface area (Å²) in [7, 11) is 0. The maximum Gasteiger partial charge on any atom is 0.251 e. The molecule has 1 aromatic carbocycles. The fourth-order valence-corrected chi connectivity index (χ4v) is 2.75. The van der Waals surface area contributed by atoms with E-state index in [-0.39, 0.29) is 5.91 Å². The standard InChI is InChI=1S/C17H16N2O3S/c1-2-21-14-7-5-12(6-8-14)17(20)18-11-13-10-15(22-19-13)16-4-3-9-23-16/h3-10H,2,11H2,1H3,(H,18,20). The Labute approximate surface area is 137 Å². The van der Waals surface area contributed by atoms with E-state index in [1.807, 2.05) is 30.5 Å². The molecule has 1 N–H and O–H groups in total. The molecule has 0 aliphatic heterocycles. The Morgan fingerprint density at radius 3 is 2.83 bits per heavy atom. The summed E-state index contributed by atoms with van der Waals surface area (Å²) in [6.07, 6.45) is 0. The van der Waals surface area contributed by atoms with E-state index in [2.05, 4.69) is 10.5 Å². The van der Waals surface area contributed by atoms with Crippen molar-refractivity contribution in [2.75, 3.05) is 6.61 Å². The van der Waals surface area contributed by atoms with Gasteiger partial charge in [-0.2, -0.15) is 0 Å². The minimum absolute atomic E-state index is 0.159. The fourth-order valence-electron chi connectivity index (χ4n) is 2.07. The zero-order valence-corrected chi connectivity index (χ0v) is 13.4. The van der Waals surface area contributed by atoms with Gasteiger partial charge >= 0.3 is 0 Å². The Morgan fingerprint density at radius 1 is 1.30 bits per heavy atom. The normalized spacial score (nSPS) is 10.5. The van der Waals surface area contributed by atoms with Crippen LogP contribution in [0.5, 0.6) is 5.75 Å². The first-order chi connectivity index (χ1) is 11.3. The van der Waals surface area contributed by atoms with E-state index in [1.165, 1.54) is 0 Å². The number of nitrogens with one attached hydrogen (secondary N) is 1. The molecule has 1 amide bonds. The lowest BCUT2D eigenvalue weighted by atomic mass is 10.2. The first-order valence-electron chi connectivity index (χ1n) is 7.27. The molecule has 5 nitrogen and oxygen atoms in total. The van der Waals surface area contributed by atoms with Crippen molar-refractivity contribution >= 4 is 17.2 Å². The summed E-state index contributed by atoms with van der Waals surface area (Å²) in [4.78, 5) is 13.1. The van der Waals surface area contributed by atoms with E-state index >= 15 is 0 Å². The number of ether oxygens (including phenoxy) is 1. The zero-order valence-electron chi connectivity index (χ0n) is 12.6. The predicted molar refractivity (Wildman–Crippen MR) is 88.6 cm³/mol. The maximum atomic E-state index is 12.1. The van der Waals surface area contributed by atoms with Crippen LogP contribution >= 0.6 is 11.3 Å². The first-order valence-corrected chi connectivity index (χ1v) is 8.14. The van der Waals surface area contributed by atoms with Crippen LogP contribution in [-0.4, -0.2) is 17.7 Å². The van der Waals surface area contributed by atoms with Gasteiger partial charge in [-0.1, -0.05) is 11.2 Å². The van der Waals surface area contributed by atoms with E-state index in [1.54, 1.807) is 35.6 Å². The van der Waals surface area contributed by atoms with Gasteiger partial charge in [0.15, 0.2) is 5.76 Å². The molecule has 3 rings (SSSR count). The molecule has 23 heavy (non-hydrogen) atoms. The van der Waals surface area contributed by atoms with Crippen molar-refractivity contribution in [2.24, 2.45) is 0 Å². The van der Waals surface area contributed by atoms with E-state index in [0.717, 1.165) is 10.6 Å². The molecule has 0 bridgehead atoms. The fraction of sp³-hybridized carbons (Fsp3) is 0.176. The van der Waals surface area contributed by atoms with Crippen LogP contribution in [0.25, 0.3) is 10.6 Å². The second kappa shape index (κ2) is 7.11. The quantitative estimate of drug-likeness (QED) is 0.749. The lowest BCUT2D eigenvalue weighted by Gasteiger charge is -2.05. The first kappa shape index (κ1) is 15.3. The highest BCUT2D eigenvalue weighted by atomic mass is 32.1. The molecule has 0 atom stereocenters. The van der Waals surface area contributed by atoms with Crippen LogP contribution in [0.3, 0.4) is 0 Å². The molecule has 118 valence electrons. The third-order valence-corrected chi connectivity index (χ3v) is 4.06. The number of benzene rings is 1. The van der Waals surface area contributed by atoms with Crippen LogP contribution < -0.4 is 10.1 Å². The Balaban J connectivity index is 1.58. The van der Waals surface area contributed by atoms with Crippen LogP contribution in [0.1, 0.15) is 23.0 Å². The molecule has 2 aromatic heterocycles. The number of hydrogen-bond donors (Lipinski definition) is 1. The smallest absolute Gasteiger partial charge is 0.251 e. The zero-order chi connectivity index (χ0) is 16.1. The summed E-state index contributed by atoms with van der Waals surface area (Å²) < 4.78 is 10.6. The molecule has 2 heterocycles. The molecule has 0 spiro atoms. The van der Waals surface area contributed by atoms with Crippen LogP contribution in [0.15, 0.2) is 52.4 Å². The Bertz CT molecular complexity index is 764. The van der Waals surface area contributed by atoms with E-state index < -0.39 is 0 Å². The minimum Gasteiger partial charge on any atom is -0.494 e. The van der Waals surface area contributed by atoms with Crippen molar-refractivity contribution in [3.63, 3.8) is 0 Å². The van der Waals surface area contributed by atoms with Gasteiger partial charge in [0.2, 0.25) is 0 Å². The Morgan fingerprint density at radius 2 is 2.13 bits per heavy atom. The van der Waals surface area contributed by atoms with Crippen molar-refractivity contribution in [1.82, 2.24) is 10.5 Å². The summed E-state index contributed by atoms with van der Waals surface area (Å²) in [6.45, 7) is 2.84. The van der Waals surface area contributed by atoms with E-state index in [9.17, 15) is 4.79 Å². The lowest BCUT2D eigenvalue weighted by molar-refractivity contribution is 0.0950. The number of rotatable bonds is 6. The van der Waals surface area contributed by atoms with Crippen molar-refractivity contribution in [1.29, 1.82) is 0 Å². The predicted octanol–water partition coefficient (Wildman–Crippen LogP) is 3.73. The molecule has 0 fully saturated rings. The van der Waals surface area contributed by atoms with Gasteiger partial charge in [0, 0.05) is 11.6 Å². The van der Waals surface area contributed by atoms with Crippen LogP contribution in [0.4, 0.5) is 0 Å². The van der Waals surface area contributed by atoms with E-state index in [0.29, 0.717) is 30.2 Å². The number of aromatic nitrogens is 1. The molecule has 0 unspecified atom stereocenters. The van der Waals surface area contributed by atoms with Crippen molar-refractivity contribution < 1.29 is 14.1 Å². The molecule has 3 aromatic rings. The van der Waals surface area contributed by atoms with Gasteiger partial charge in [0.1, 0.15) is 11.4 Å². The van der Waals surface area contributed by atoms with Gasteiger partial charge in [-0.15, -0.1) is 11.3 Å². The second-order valence-corrected chi connectivity index (χ2v) is 5.75. The largest absolute Gasteiger partial charge is 0.494 e. The topological polar surface area (TPSA) is 64.4 Å². The van der Waals surface area contributed by atoms with Gasteiger partial charge in [0.05, 0.1) is 18.0 Å². The third-order valence-electron chi connectivity index (χ3n) is 3.18. The summed E-state index contributed by atoms with van der Waals surface area (Å²) in [5, 5.41) is 8.78. The molecular formula is C17H16N2O3S. The second-order valence-electron chi connectivity index (χ2n) is 4.80. The monoisotopic (exact) mass is 328 g/mol. The van der Waals surface area contributed by atoms with Gasteiger partial charge < -0.3 is 14.6 Å². The summed E-state index contributed by atoms with van der Waals surface area (Å²) in [6, 6.07) is 12.8. The maximum absolute atomic E-state index is 12.1. The van der Waals surface area contributed by atoms with Crippen molar-refractivity contribution in [2.45, 2.75) is 13.5 Å². The summed E-state index contributed by atoms with van der Waals surface area (Å²) >= 11 is 1.58. The number of amides is 1. The average Bonchev–Trinajstić information content (AvgIpc) is 3.25. The molecular weight excluding hydrogens is 312 g/mol. The highest BCUT2D eigenvalue weighted by molar-refractivity contribution is 7.13. The Kier molecular flexibility index (Phi) is 4.73. The number of thiophene rings is 1. The SMILES string of the molecule is CCOc1ccc(C(=O)NCc2cc(-c3cccs3)on2)cc1. The van der Waals surface area contributed by atoms with Gasteiger partial charge in [-0.05, 0) is 42.6 Å². The van der Waals surface area contributed by atoms with Gasteiger partial charge in [0.25, 0.3) is 5.91 Å². The minimum atomic E-state index is -0.159. The van der Waals surface area contributed by atoms with Gasteiger partial charge in [-0.3, -0.25) is 4.79 Å². The highest BCUT2D eigenvalue weighted by Crippen LogP contribution is 2.25. The van der Waals surface area contributed by atoms with Crippen LogP contribution in [0, 0.1) is 0 Å². The number of carbonyl (C=O) groups excluding carboxylic acids is 1. The van der Waals surface area contributed by atoms with Crippen LogP contribution in [0.2, 0.25) is 0 Å². The lowest BCUT2D eigenvalue weighted by Crippen LogP contribution is -2.22. The molecule has 0 radical (unpaired) electrons. The molecule has 0 aliphatic rings. The third kappa shape index (κ3) is 3.78. The van der Waals surface area contributed by atoms with Crippen LogP contribution in [-0.2, 0) is 6.54 Å². The summed E-state index contributed by atoms with van der Waals surface area (Å²) in [5.74, 6) is 1.31. The van der Waals surface area contributed by atoms with Crippen molar-refractivity contribution in [3.8, 4) is 16.4 Å². The van der Waals surface area contributed by atoms with Crippen molar-refractivity contribution in [3.05, 3.63) is 59.1 Å². The number of hydrogen-bond acceptors (Lipinski definition) is 5. The molecule has 6 heteroatoms. The summed E-state index contributed by atoms with van der Waals surface area (Å²) in [5.41, 5.74) is 1.27. The van der Waals surface area contributed by atoms with Gasteiger partial charge in [-0.25, -0.2) is 0 Å².